The molecule has 0 heterocycles. The fourth-order valence-electron chi connectivity index (χ4n) is 1.99. The Hall–Kier alpha value is -1.55. The number of amides is 1. The van der Waals surface area contributed by atoms with E-state index in [2.05, 4.69) is 0 Å². The van der Waals surface area contributed by atoms with E-state index >= 15 is 0 Å². The van der Waals surface area contributed by atoms with E-state index in [9.17, 15) is 9.90 Å². The summed E-state index contributed by atoms with van der Waals surface area (Å²) in [7, 11) is 1.53. The molecule has 0 saturated heterocycles. The highest BCUT2D eigenvalue weighted by Gasteiger charge is 2.33. The van der Waals surface area contributed by atoms with Crippen LogP contribution in [0.5, 0.6) is 5.75 Å². The number of likely N-dealkylation sites (N-methyl/N-ethyl adjacent to an activating group) is 1. The van der Waals surface area contributed by atoms with Gasteiger partial charge < -0.3 is 14.7 Å². The van der Waals surface area contributed by atoms with Crippen molar-refractivity contribution >= 4 is 5.91 Å². The number of phenols is 1. The lowest BCUT2D eigenvalue weighted by molar-refractivity contribution is -0.153. The van der Waals surface area contributed by atoms with Crippen LogP contribution in [0, 0.1) is 0 Å². The molecular weight excluding hydrogens is 242 g/mol. The van der Waals surface area contributed by atoms with Gasteiger partial charge in [0.15, 0.2) is 0 Å². The number of methoxy groups -OCH3 is 1. The summed E-state index contributed by atoms with van der Waals surface area (Å²) in [6.45, 7) is 7.98. The summed E-state index contributed by atoms with van der Waals surface area (Å²) >= 11 is 0. The van der Waals surface area contributed by atoms with Crippen molar-refractivity contribution in [3.05, 3.63) is 29.8 Å². The first-order valence-corrected chi connectivity index (χ1v) is 6.48. The number of hydrogen-bond acceptors (Lipinski definition) is 3. The number of hydrogen-bond donors (Lipinski definition) is 1. The topological polar surface area (TPSA) is 49.8 Å². The van der Waals surface area contributed by atoms with Gasteiger partial charge in [0.2, 0.25) is 0 Å². The zero-order valence-corrected chi connectivity index (χ0v) is 12.3. The van der Waals surface area contributed by atoms with Crippen molar-refractivity contribution in [2.45, 2.75) is 39.3 Å². The van der Waals surface area contributed by atoms with Gasteiger partial charge in [-0.05, 0) is 45.4 Å². The van der Waals surface area contributed by atoms with Crippen LogP contribution < -0.4 is 0 Å². The number of ether oxygens (including phenoxy) is 1. The average Bonchev–Trinajstić information content (AvgIpc) is 2.39. The summed E-state index contributed by atoms with van der Waals surface area (Å²) in [5.74, 6) is 0.146. The predicted octanol–water partition coefficient (Wildman–Crippen LogP) is 2.73. The van der Waals surface area contributed by atoms with Crippen molar-refractivity contribution in [1.82, 2.24) is 4.90 Å². The highest BCUT2D eigenvalue weighted by Crippen LogP contribution is 2.26. The summed E-state index contributed by atoms with van der Waals surface area (Å²) < 4.78 is 5.25. The van der Waals surface area contributed by atoms with Crippen molar-refractivity contribution in [2.75, 3.05) is 13.7 Å². The Morgan fingerprint density at radius 3 is 2.58 bits per heavy atom. The largest absolute Gasteiger partial charge is 0.508 e. The summed E-state index contributed by atoms with van der Waals surface area (Å²) in [6.07, 6.45) is 0. The second-order valence-electron chi connectivity index (χ2n) is 5.08. The molecule has 106 valence electrons. The van der Waals surface area contributed by atoms with Crippen LogP contribution in [0.15, 0.2) is 24.3 Å². The average molecular weight is 265 g/mol. The molecule has 0 spiro atoms. The SMILES string of the molecule is CCN(C(=O)C(C)(C)OC)C(C)c1cccc(O)c1. The van der Waals surface area contributed by atoms with Crippen molar-refractivity contribution in [3.8, 4) is 5.75 Å². The second kappa shape index (κ2) is 6.06. The number of carbonyl (C=O) groups is 1. The first-order chi connectivity index (χ1) is 8.83. The minimum Gasteiger partial charge on any atom is -0.508 e. The van der Waals surface area contributed by atoms with E-state index in [1.807, 2.05) is 19.9 Å². The molecule has 0 radical (unpaired) electrons. The number of rotatable bonds is 5. The third-order valence-electron chi connectivity index (χ3n) is 3.45. The molecular formula is C15H23NO3. The Balaban J connectivity index is 3.00. The van der Waals surface area contributed by atoms with E-state index in [-0.39, 0.29) is 17.7 Å². The van der Waals surface area contributed by atoms with Crippen LogP contribution in [0.4, 0.5) is 0 Å². The molecule has 1 aromatic carbocycles. The molecule has 1 unspecified atom stereocenters. The molecule has 0 aromatic heterocycles. The van der Waals surface area contributed by atoms with Gasteiger partial charge in [0.25, 0.3) is 5.91 Å². The van der Waals surface area contributed by atoms with E-state index in [1.165, 1.54) is 7.11 Å². The summed E-state index contributed by atoms with van der Waals surface area (Å²) in [5.41, 5.74) is 0.0586. The molecule has 1 amide bonds. The van der Waals surface area contributed by atoms with Gasteiger partial charge in [-0.2, -0.15) is 0 Å². The lowest BCUT2D eigenvalue weighted by Gasteiger charge is -2.34. The maximum atomic E-state index is 12.5. The normalized spacial score (nSPS) is 13.1. The Morgan fingerprint density at radius 2 is 2.11 bits per heavy atom. The molecule has 0 bridgehead atoms. The zero-order valence-electron chi connectivity index (χ0n) is 12.3. The van der Waals surface area contributed by atoms with Gasteiger partial charge in [-0.15, -0.1) is 0 Å². The van der Waals surface area contributed by atoms with Gasteiger partial charge in [0.1, 0.15) is 11.4 Å². The van der Waals surface area contributed by atoms with Crippen molar-refractivity contribution < 1.29 is 14.6 Å². The van der Waals surface area contributed by atoms with Crippen LogP contribution in [-0.2, 0) is 9.53 Å². The standard InChI is InChI=1S/C15H23NO3/c1-6-16(14(18)15(3,4)19-5)11(2)12-8-7-9-13(17)10-12/h7-11,17H,6H2,1-5H3. The van der Waals surface area contributed by atoms with Crippen LogP contribution in [0.2, 0.25) is 0 Å². The minimum atomic E-state index is -0.846. The second-order valence-corrected chi connectivity index (χ2v) is 5.08. The molecule has 0 aliphatic heterocycles. The fourth-order valence-corrected chi connectivity index (χ4v) is 1.99. The summed E-state index contributed by atoms with van der Waals surface area (Å²) in [6, 6.07) is 6.87. The fraction of sp³-hybridized carbons (Fsp3) is 0.533. The Kier molecular flexibility index (Phi) is 4.95. The van der Waals surface area contributed by atoms with Crippen LogP contribution >= 0.6 is 0 Å². The van der Waals surface area contributed by atoms with Crippen LogP contribution in [-0.4, -0.2) is 35.2 Å². The maximum absolute atomic E-state index is 12.5. The van der Waals surface area contributed by atoms with Gasteiger partial charge in [-0.1, -0.05) is 12.1 Å². The highest BCUT2D eigenvalue weighted by molar-refractivity contribution is 5.84. The lowest BCUT2D eigenvalue weighted by Crippen LogP contribution is -2.47. The molecule has 0 saturated carbocycles. The molecule has 1 rings (SSSR count). The molecule has 1 atom stereocenters. The van der Waals surface area contributed by atoms with E-state index in [0.29, 0.717) is 6.54 Å². The summed E-state index contributed by atoms with van der Waals surface area (Å²) in [5, 5.41) is 9.53. The zero-order chi connectivity index (χ0) is 14.6. The van der Waals surface area contributed by atoms with Gasteiger partial charge in [-0.3, -0.25) is 4.79 Å². The Labute approximate surface area is 115 Å². The Morgan fingerprint density at radius 1 is 1.47 bits per heavy atom. The third-order valence-corrected chi connectivity index (χ3v) is 3.45. The molecule has 0 aliphatic carbocycles. The first kappa shape index (κ1) is 15.5. The maximum Gasteiger partial charge on any atom is 0.254 e. The number of nitrogens with zero attached hydrogens (tertiary/aromatic N) is 1. The number of carbonyl (C=O) groups excluding carboxylic acids is 1. The number of aromatic hydroxyl groups is 1. The predicted molar refractivity (Wildman–Crippen MR) is 75.0 cm³/mol. The molecule has 0 fully saturated rings. The first-order valence-electron chi connectivity index (χ1n) is 6.48. The van der Waals surface area contributed by atoms with E-state index in [0.717, 1.165) is 5.56 Å². The smallest absolute Gasteiger partial charge is 0.254 e. The Bertz CT molecular complexity index is 443. The van der Waals surface area contributed by atoms with Gasteiger partial charge >= 0.3 is 0 Å². The monoisotopic (exact) mass is 265 g/mol. The molecule has 4 nitrogen and oxygen atoms in total. The van der Waals surface area contributed by atoms with Crippen molar-refractivity contribution in [3.63, 3.8) is 0 Å². The van der Waals surface area contributed by atoms with E-state index < -0.39 is 5.60 Å². The van der Waals surface area contributed by atoms with Gasteiger partial charge in [0, 0.05) is 13.7 Å². The molecule has 4 heteroatoms. The number of phenolic OH excluding ortho intramolecular Hbond substituents is 1. The molecule has 0 aliphatic rings. The molecule has 19 heavy (non-hydrogen) atoms. The third kappa shape index (κ3) is 3.47. The quantitative estimate of drug-likeness (QED) is 0.890. The highest BCUT2D eigenvalue weighted by atomic mass is 16.5. The van der Waals surface area contributed by atoms with Crippen molar-refractivity contribution in [2.24, 2.45) is 0 Å². The van der Waals surface area contributed by atoms with E-state index in [4.69, 9.17) is 4.74 Å². The summed E-state index contributed by atoms with van der Waals surface area (Å²) in [4.78, 5) is 14.2. The van der Waals surface area contributed by atoms with Crippen LogP contribution in [0.1, 0.15) is 39.3 Å². The van der Waals surface area contributed by atoms with Gasteiger partial charge in [-0.25, -0.2) is 0 Å². The number of benzene rings is 1. The van der Waals surface area contributed by atoms with Crippen LogP contribution in [0.3, 0.4) is 0 Å². The van der Waals surface area contributed by atoms with E-state index in [1.54, 1.807) is 36.9 Å². The van der Waals surface area contributed by atoms with Gasteiger partial charge in [0.05, 0.1) is 6.04 Å². The lowest BCUT2D eigenvalue weighted by atomic mass is 10.0. The van der Waals surface area contributed by atoms with Crippen LogP contribution in [0.25, 0.3) is 0 Å². The molecule has 1 aromatic rings. The molecule has 1 N–H and O–H groups in total. The van der Waals surface area contributed by atoms with Crippen molar-refractivity contribution in [1.29, 1.82) is 0 Å². The minimum absolute atomic E-state index is 0.0617.